The van der Waals surface area contributed by atoms with Crippen LogP contribution in [0, 0.1) is 6.92 Å². The van der Waals surface area contributed by atoms with E-state index in [9.17, 15) is 9.90 Å². The molecule has 5 nitrogen and oxygen atoms in total. The van der Waals surface area contributed by atoms with E-state index in [1.807, 2.05) is 29.3 Å². The molecule has 6 heteroatoms. The SMILES string of the molecule is Cc1oc(-c2cccs2)nc1CN1CCCCC1C(=O)O. The fourth-order valence-corrected chi connectivity index (χ4v) is 3.38. The van der Waals surface area contributed by atoms with Crippen molar-refractivity contribution in [2.24, 2.45) is 0 Å². The van der Waals surface area contributed by atoms with E-state index in [1.54, 1.807) is 11.3 Å². The molecule has 3 heterocycles. The third-order valence-corrected chi connectivity index (χ3v) is 4.73. The number of oxazole rings is 1. The van der Waals surface area contributed by atoms with Gasteiger partial charge < -0.3 is 9.52 Å². The second kappa shape index (κ2) is 5.99. The Hall–Kier alpha value is -1.66. The van der Waals surface area contributed by atoms with E-state index >= 15 is 0 Å². The maximum Gasteiger partial charge on any atom is 0.320 e. The van der Waals surface area contributed by atoms with Gasteiger partial charge >= 0.3 is 5.97 Å². The second-order valence-corrected chi connectivity index (χ2v) is 6.27. The van der Waals surface area contributed by atoms with Gasteiger partial charge in [0.1, 0.15) is 11.8 Å². The molecule has 2 aromatic heterocycles. The van der Waals surface area contributed by atoms with E-state index in [1.165, 1.54) is 0 Å². The molecular weight excluding hydrogens is 288 g/mol. The van der Waals surface area contributed by atoms with E-state index in [2.05, 4.69) is 4.98 Å². The summed E-state index contributed by atoms with van der Waals surface area (Å²) in [7, 11) is 0. The van der Waals surface area contributed by atoms with E-state index in [0.29, 0.717) is 18.9 Å². The molecule has 2 aromatic rings. The predicted molar refractivity (Wildman–Crippen MR) is 80.2 cm³/mol. The molecule has 0 aliphatic carbocycles. The van der Waals surface area contributed by atoms with Crippen LogP contribution in [0.1, 0.15) is 30.7 Å². The maximum atomic E-state index is 11.3. The van der Waals surface area contributed by atoms with Gasteiger partial charge in [0, 0.05) is 6.54 Å². The molecule has 3 rings (SSSR count). The quantitative estimate of drug-likeness (QED) is 0.940. The Bertz CT molecular complexity index is 621. The number of hydrogen-bond donors (Lipinski definition) is 1. The molecule has 0 aromatic carbocycles. The molecule has 1 aliphatic heterocycles. The number of rotatable bonds is 4. The van der Waals surface area contributed by atoms with Gasteiger partial charge in [-0.25, -0.2) is 4.98 Å². The lowest BCUT2D eigenvalue weighted by molar-refractivity contribution is -0.144. The van der Waals surface area contributed by atoms with Crippen molar-refractivity contribution in [1.29, 1.82) is 0 Å². The van der Waals surface area contributed by atoms with Crippen LogP contribution in [-0.4, -0.2) is 33.5 Å². The van der Waals surface area contributed by atoms with Gasteiger partial charge in [-0.1, -0.05) is 12.5 Å². The summed E-state index contributed by atoms with van der Waals surface area (Å²) in [5.41, 5.74) is 0.839. The molecular formula is C15H18N2O3S. The van der Waals surface area contributed by atoms with Crippen molar-refractivity contribution in [3.8, 4) is 10.8 Å². The van der Waals surface area contributed by atoms with Gasteiger partial charge in [-0.2, -0.15) is 0 Å². The van der Waals surface area contributed by atoms with Gasteiger partial charge in [0.05, 0.1) is 10.6 Å². The maximum absolute atomic E-state index is 11.3. The van der Waals surface area contributed by atoms with Crippen molar-refractivity contribution in [2.75, 3.05) is 6.54 Å². The molecule has 0 bridgehead atoms. The standard InChI is InChI=1S/C15H18N2O3S/c1-10-11(16-14(20-10)13-6-4-8-21-13)9-17-7-3-2-5-12(17)15(18)19/h4,6,8,12H,2-3,5,7,9H2,1H3,(H,18,19). The lowest BCUT2D eigenvalue weighted by Crippen LogP contribution is -2.44. The van der Waals surface area contributed by atoms with Crippen LogP contribution in [0.5, 0.6) is 0 Å². The molecule has 0 saturated carbocycles. The van der Waals surface area contributed by atoms with Crippen molar-refractivity contribution in [3.63, 3.8) is 0 Å². The molecule has 0 radical (unpaired) electrons. The summed E-state index contributed by atoms with van der Waals surface area (Å²) in [6.45, 7) is 3.23. The molecule has 1 fully saturated rings. The van der Waals surface area contributed by atoms with Crippen LogP contribution in [0.2, 0.25) is 0 Å². The van der Waals surface area contributed by atoms with E-state index < -0.39 is 12.0 Å². The molecule has 1 aliphatic rings. The summed E-state index contributed by atoms with van der Waals surface area (Å²) in [5, 5.41) is 11.3. The van der Waals surface area contributed by atoms with Crippen LogP contribution in [0.3, 0.4) is 0 Å². The van der Waals surface area contributed by atoms with Gasteiger partial charge in [-0.3, -0.25) is 9.69 Å². The number of aromatic nitrogens is 1. The fraction of sp³-hybridized carbons (Fsp3) is 0.467. The zero-order valence-electron chi connectivity index (χ0n) is 11.9. The van der Waals surface area contributed by atoms with Crippen LogP contribution >= 0.6 is 11.3 Å². The first-order valence-electron chi connectivity index (χ1n) is 7.12. The largest absolute Gasteiger partial charge is 0.480 e. The molecule has 112 valence electrons. The van der Waals surface area contributed by atoms with Crippen LogP contribution in [0.25, 0.3) is 10.8 Å². The smallest absolute Gasteiger partial charge is 0.320 e. The van der Waals surface area contributed by atoms with Crippen molar-refractivity contribution < 1.29 is 14.3 Å². The highest BCUT2D eigenvalue weighted by Gasteiger charge is 2.29. The Balaban J connectivity index is 1.79. The topological polar surface area (TPSA) is 66.6 Å². The third-order valence-electron chi connectivity index (χ3n) is 3.88. The number of nitrogens with zero attached hydrogens (tertiary/aromatic N) is 2. The zero-order valence-corrected chi connectivity index (χ0v) is 12.7. The number of piperidine rings is 1. The Morgan fingerprint density at radius 2 is 2.43 bits per heavy atom. The number of aryl methyl sites for hydroxylation is 1. The summed E-state index contributed by atoms with van der Waals surface area (Å²) in [5.74, 6) is 0.656. The van der Waals surface area contributed by atoms with Gasteiger partial charge in [0.15, 0.2) is 0 Å². The van der Waals surface area contributed by atoms with Crippen LogP contribution in [0.4, 0.5) is 0 Å². The molecule has 0 amide bonds. The van der Waals surface area contributed by atoms with Crippen LogP contribution in [0.15, 0.2) is 21.9 Å². The average Bonchev–Trinajstić information content (AvgIpc) is 3.10. The van der Waals surface area contributed by atoms with Gasteiger partial charge in [-0.15, -0.1) is 11.3 Å². The first-order valence-corrected chi connectivity index (χ1v) is 8.00. The molecule has 0 spiro atoms. The minimum Gasteiger partial charge on any atom is -0.480 e. The summed E-state index contributed by atoms with van der Waals surface area (Å²) in [4.78, 5) is 18.9. The molecule has 1 N–H and O–H groups in total. The third kappa shape index (κ3) is 3.01. The minimum absolute atomic E-state index is 0.403. The molecule has 21 heavy (non-hydrogen) atoms. The van der Waals surface area contributed by atoms with Crippen LogP contribution < -0.4 is 0 Å². The van der Waals surface area contributed by atoms with Crippen molar-refractivity contribution in [1.82, 2.24) is 9.88 Å². The summed E-state index contributed by atoms with van der Waals surface area (Å²) in [6.07, 6.45) is 2.73. The number of thiophene rings is 1. The molecule has 1 saturated heterocycles. The van der Waals surface area contributed by atoms with E-state index in [-0.39, 0.29) is 0 Å². The lowest BCUT2D eigenvalue weighted by Gasteiger charge is -2.32. The van der Waals surface area contributed by atoms with E-state index in [4.69, 9.17) is 4.42 Å². The zero-order chi connectivity index (χ0) is 14.8. The monoisotopic (exact) mass is 306 g/mol. The first kappa shape index (κ1) is 14.3. The number of carbonyl (C=O) groups is 1. The van der Waals surface area contributed by atoms with Gasteiger partial charge in [0.25, 0.3) is 0 Å². The molecule has 1 atom stereocenters. The normalized spacial score (nSPS) is 19.8. The van der Waals surface area contributed by atoms with E-state index in [0.717, 1.165) is 35.7 Å². The Morgan fingerprint density at radius 3 is 3.14 bits per heavy atom. The Kier molecular flexibility index (Phi) is 4.07. The number of carboxylic acids is 1. The number of hydrogen-bond acceptors (Lipinski definition) is 5. The highest BCUT2D eigenvalue weighted by atomic mass is 32.1. The van der Waals surface area contributed by atoms with Crippen LogP contribution in [-0.2, 0) is 11.3 Å². The average molecular weight is 306 g/mol. The highest BCUT2D eigenvalue weighted by Crippen LogP contribution is 2.27. The Morgan fingerprint density at radius 1 is 1.57 bits per heavy atom. The fourth-order valence-electron chi connectivity index (χ4n) is 2.73. The van der Waals surface area contributed by atoms with Crippen molar-refractivity contribution in [3.05, 3.63) is 29.0 Å². The summed E-state index contributed by atoms with van der Waals surface area (Å²) in [6, 6.07) is 3.53. The highest BCUT2D eigenvalue weighted by molar-refractivity contribution is 7.13. The number of aliphatic carboxylic acids is 1. The van der Waals surface area contributed by atoms with Gasteiger partial charge in [-0.05, 0) is 37.8 Å². The Labute approximate surface area is 127 Å². The van der Waals surface area contributed by atoms with Crippen molar-refractivity contribution >= 4 is 17.3 Å². The van der Waals surface area contributed by atoms with Crippen molar-refractivity contribution in [2.45, 2.75) is 38.8 Å². The predicted octanol–water partition coefficient (Wildman–Crippen LogP) is 3.15. The minimum atomic E-state index is -0.741. The summed E-state index contributed by atoms with van der Waals surface area (Å²) < 4.78 is 5.72. The lowest BCUT2D eigenvalue weighted by atomic mass is 10.0. The number of likely N-dealkylation sites (tertiary alicyclic amines) is 1. The molecule has 1 unspecified atom stereocenters. The van der Waals surface area contributed by atoms with Gasteiger partial charge in [0.2, 0.25) is 5.89 Å². The summed E-state index contributed by atoms with van der Waals surface area (Å²) >= 11 is 1.59. The number of carboxylic acid groups (broad SMARTS) is 1. The first-order chi connectivity index (χ1) is 10.1. The second-order valence-electron chi connectivity index (χ2n) is 5.32.